The third-order valence-corrected chi connectivity index (χ3v) is 7.19. The van der Waals surface area contributed by atoms with Crippen LogP contribution in [0.15, 0.2) is 18.2 Å². The average Bonchev–Trinajstić information content (AvgIpc) is 2.82. The molecule has 1 saturated carbocycles. The quantitative estimate of drug-likeness (QED) is 0.391. The normalized spacial score (nSPS) is 16.0. The molecule has 8 nitrogen and oxygen atoms in total. The first-order chi connectivity index (χ1) is 17.5. The van der Waals surface area contributed by atoms with E-state index in [0.717, 1.165) is 48.8 Å². The maximum absolute atomic E-state index is 14.0. The molecule has 2 atom stereocenters. The number of carbonyl (C=O) groups is 3. The van der Waals surface area contributed by atoms with Crippen LogP contribution < -0.4 is 10.6 Å². The number of benzene rings is 1. The van der Waals surface area contributed by atoms with Crippen molar-refractivity contribution in [1.82, 2.24) is 15.5 Å². The van der Waals surface area contributed by atoms with E-state index in [4.69, 9.17) is 4.74 Å². The van der Waals surface area contributed by atoms with Gasteiger partial charge in [-0.25, -0.2) is 4.79 Å². The Labute approximate surface area is 226 Å². The molecule has 1 aliphatic rings. The van der Waals surface area contributed by atoms with Gasteiger partial charge < -0.3 is 25.4 Å². The lowest BCUT2D eigenvalue weighted by molar-refractivity contribution is -0.143. The van der Waals surface area contributed by atoms with Crippen LogP contribution in [-0.4, -0.2) is 70.8 Å². The van der Waals surface area contributed by atoms with Crippen molar-refractivity contribution in [1.29, 1.82) is 0 Å². The molecule has 9 heteroatoms. The molecule has 0 radical (unpaired) electrons. The molecule has 2 rings (SSSR count). The Hall–Kier alpha value is -2.26. The summed E-state index contributed by atoms with van der Waals surface area (Å²) in [5, 5.41) is 15.9. The number of thioether (sulfide) groups is 1. The summed E-state index contributed by atoms with van der Waals surface area (Å²) in [5.74, 6) is -0.0472. The Bertz CT molecular complexity index is 891. The molecule has 208 valence electrons. The van der Waals surface area contributed by atoms with E-state index in [9.17, 15) is 19.5 Å². The second kappa shape index (κ2) is 14.6. The highest BCUT2D eigenvalue weighted by molar-refractivity contribution is 7.98. The molecular formula is C28H45N3O5S. The number of nitrogens with zero attached hydrogens (tertiary/aromatic N) is 1. The Morgan fingerprint density at radius 2 is 1.76 bits per heavy atom. The van der Waals surface area contributed by atoms with Gasteiger partial charge in [-0.1, -0.05) is 37.5 Å². The highest BCUT2D eigenvalue weighted by atomic mass is 32.2. The minimum atomic E-state index is -0.931. The second-order valence-electron chi connectivity index (χ2n) is 10.8. The average molecular weight is 536 g/mol. The minimum absolute atomic E-state index is 0.0405. The van der Waals surface area contributed by atoms with Gasteiger partial charge in [-0.2, -0.15) is 11.8 Å². The number of rotatable bonds is 11. The van der Waals surface area contributed by atoms with Crippen LogP contribution in [0.1, 0.15) is 82.0 Å². The summed E-state index contributed by atoms with van der Waals surface area (Å²) in [6.07, 6.45) is 6.72. The first-order valence-corrected chi connectivity index (χ1v) is 14.6. The number of ether oxygens (including phenoxy) is 1. The molecule has 0 spiro atoms. The van der Waals surface area contributed by atoms with Gasteiger partial charge in [0.1, 0.15) is 17.7 Å². The van der Waals surface area contributed by atoms with Crippen LogP contribution in [0.3, 0.4) is 0 Å². The van der Waals surface area contributed by atoms with E-state index in [-0.39, 0.29) is 25.1 Å². The Balaban J connectivity index is 2.47. The molecule has 1 aromatic carbocycles. The van der Waals surface area contributed by atoms with Gasteiger partial charge in [0.25, 0.3) is 0 Å². The van der Waals surface area contributed by atoms with Crippen LogP contribution in [0.5, 0.6) is 0 Å². The summed E-state index contributed by atoms with van der Waals surface area (Å²) in [6.45, 7) is 8.78. The van der Waals surface area contributed by atoms with E-state index in [1.54, 1.807) is 32.5 Å². The Morgan fingerprint density at radius 3 is 2.30 bits per heavy atom. The van der Waals surface area contributed by atoms with E-state index >= 15 is 0 Å². The Kier molecular flexibility index (Phi) is 12.2. The van der Waals surface area contributed by atoms with Crippen LogP contribution in [0.4, 0.5) is 4.79 Å². The zero-order chi connectivity index (χ0) is 27.6. The number of hydrogen-bond acceptors (Lipinski definition) is 6. The van der Waals surface area contributed by atoms with Crippen molar-refractivity contribution in [2.45, 2.75) is 96.9 Å². The number of amides is 3. The maximum atomic E-state index is 14.0. The van der Waals surface area contributed by atoms with Crippen LogP contribution in [0.25, 0.3) is 0 Å². The lowest BCUT2D eigenvalue weighted by Crippen LogP contribution is -2.54. The largest absolute Gasteiger partial charge is 0.444 e. The number of aliphatic hydroxyl groups is 1. The molecular weight excluding hydrogens is 490 g/mol. The van der Waals surface area contributed by atoms with Gasteiger partial charge in [0.2, 0.25) is 11.8 Å². The Morgan fingerprint density at radius 1 is 1.14 bits per heavy atom. The zero-order valence-corrected chi connectivity index (χ0v) is 24.1. The minimum Gasteiger partial charge on any atom is -0.444 e. The van der Waals surface area contributed by atoms with Gasteiger partial charge >= 0.3 is 6.09 Å². The van der Waals surface area contributed by atoms with Crippen molar-refractivity contribution >= 4 is 29.7 Å². The van der Waals surface area contributed by atoms with Crippen molar-refractivity contribution < 1.29 is 24.2 Å². The van der Waals surface area contributed by atoms with E-state index in [1.807, 2.05) is 38.3 Å². The van der Waals surface area contributed by atoms with E-state index in [0.29, 0.717) is 12.2 Å². The molecule has 3 amide bonds. The second-order valence-corrected chi connectivity index (χ2v) is 11.8. The summed E-state index contributed by atoms with van der Waals surface area (Å²) in [5.41, 5.74) is 1.81. The lowest BCUT2D eigenvalue weighted by atomic mass is 9.91. The summed E-state index contributed by atoms with van der Waals surface area (Å²) < 4.78 is 5.41. The van der Waals surface area contributed by atoms with Gasteiger partial charge in [0.15, 0.2) is 0 Å². The number of hydrogen-bond donors (Lipinski definition) is 3. The first-order valence-electron chi connectivity index (χ1n) is 13.2. The molecule has 1 aromatic rings. The highest BCUT2D eigenvalue weighted by Crippen LogP contribution is 2.30. The van der Waals surface area contributed by atoms with Gasteiger partial charge in [0, 0.05) is 12.6 Å². The van der Waals surface area contributed by atoms with E-state index in [2.05, 4.69) is 10.6 Å². The molecule has 0 heterocycles. The lowest BCUT2D eigenvalue weighted by Gasteiger charge is -2.36. The molecule has 0 aromatic heterocycles. The summed E-state index contributed by atoms with van der Waals surface area (Å²) >= 11 is 1.56. The topological polar surface area (TPSA) is 108 Å². The van der Waals surface area contributed by atoms with Crippen molar-refractivity contribution in [2.75, 3.05) is 25.2 Å². The third-order valence-electron chi connectivity index (χ3n) is 6.55. The van der Waals surface area contributed by atoms with E-state index in [1.165, 1.54) is 4.90 Å². The maximum Gasteiger partial charge on any atom is 0.408 e. The summed E-state index contributed by atoms with van der Waals surface area (Å²) in [4.78, 5) is 42.0. The van der Waals surface area contributed by atoms with Gasteiger partial charge in [-0.3, -0.25) is 9.59 Å². The predicted octanol–water partition coefficient (Wildman–Crippen LogP) is 4.26. The monoisotopic (exact) mass is 535 g/mol. The van der Waals surface area contributed by atoms with Crippen molar-refractivity contribution in [3.8, 4) is 0 Å². The van der Waals surface area contributed by atoms with Gasteiger partial charge in [-0.05, 0) is 82.6 Å². The number of aryl methyl sites for hydroxylation is 2. The van der Waals surface area contributed by atoms with Crippen LogP contribution >= 0.6 is 11.8 Å². The molecule has 3 N–H and O–H groups in total. The number of carbonyl (C=O) groups excluding carboxylic acids is 3. The predicted molar refractivity (Wildman–Crippen MR) is 149 cm³/mol. The summed E-state index contributed by atoms with van der Waals surface area (Å²) in [6, 6.07) is 4.01. The highest BCUT2D eigenvalue weighted by Gasteiger charge is 2.38. The molecule has 0 saturated heterocycles. The van der Waals surface area contributed by atoms with Crippen molar-refractivity contribution in [3.05, 3.63) is 34.9 Å². The zero-order valence-electron chi connectivity index (χ0n) is 23.3. The van der Waals surface area contributed by atoms with Gasteiger partial charge in [0.05, 0.1) is 6.61 Å². The fraction of sp³-hybridized carbons (Fsp3) is 0.679. The molecule has 1 aliphatic carbocycles. The van der Waals surface area contributed by atoms with Crippen molar-refractivity contribution in [2.24, 2.45) is 0 Å². The molecule has 0 aliphatic heterocycles. The van der Waals surface area contributed by atoms with Crippen LogP contribution in [-0.2, 0) is 14.3 Å². The number of nitrogens with one attached hydrogen (secondary N) is 2. The number of aliphatic hydroxyl groups excluding tert-OH is 1. The van der Waals surface area contributed by atoms with E-state index < -0.39 is 29.7 Å². The standard InChI is InChI=1S/C28H45N3O5S/c1-19-11-10-12-20(2)23(19)24(25(33)29-21-13-8-7-9-14-21)31(16-17-32)26(34)22(15-18-37-6)30-27(35)36-28(3,4)5/h10-12,21-22,24,32H,7-9,13-18H2,1-6H3,(H,29,33)(H,30,35). The molecule has 0 bridgehead atoms. The first kappa shape index (κ1) is 31.0. The molecule has 37 heavy (non-hydrogen) atoms. The fourth-order valence-corrected chi connectivity index (χ4v) is 5.30. The molecule has 2 unspecified atom stereocenters. The van der Waals surface area contributed by atoms with Crippen molar-refractivity contribution in [3.63, 3.8) is 0 Å². The van der Waals surface area contributed by atoms with Crippen LogP contribution in [0, 0.1) is 13.8 Å². The van der Waals surface area contributed by atoms with Crippen LogP contribution in [0.2, 0.25) is 0 Å². The molecule has 1 fully saturated rings. The van der Waals surface area contributed by atoms with Gasteiger partial charge in [-0.15, -0.1) is 0 Å². The third kappa shape index (κ3) is 9.52. The smallest absolute Gasteiger partial charge is 0.408 e. The number of alkyl carbamates (subject to hydrolysis) is 1. The summed E-state index contributed by atoms with van der Waals surface area (Å²) in [7, 11) is 0. The SMILES string of the molecule is CSCCC(NC(=O)OC(C)(C)C)C(=O)N(CCO)C(C(=O)NC1CCCCC1)c1c(C)cccc1C. The fourth-order valence-electron chi connectivity index (χ4n) is 4.83.